The molecule has 1 rings (SSSR count). The second kappa shape index (κ2) is 12.1. The topological polar surface area (TPSA) is 73.5 Å². The van der Waals surface area contributed by atoms with Crippen molar-refractivity contribution in [2.24, 2.45) is 5.92 Å². The van der Waals surface area contributed by atoms with Crippen LogP contribution in [0.15, 0.2) is 36.9 Å². The minimum Gasteiger partial charge on any atom is -0.349 e. The number of hydrogen-bond donors (Lipinski definition) is 3. The van der Waals surface area contributed by atoms with Crippen molar-refractivity contribution in [2.75, 3.05) is 31.5 Å². The first kappa shape index (κ1) is 22.7. The third kappa shape index (κ3) is 8.26. The van der Waals surface area contributed by atoms with Crippen LogP contribution in [0, 0.1) is 5.92 Å². The van der Waals surface area contributed by atoms with Gasteiger partial charge in [-0.25, -0.2) is 4.79 Å². The first-order valence-corrected chi connectivity index (χ1v) is 9.69. The number of rotatable bonds is 11. The Labute approximate surface area is 163 Å². The summed E-state index contributed by atoms with van der Waals surface area (Å²) in [5, 5.41) is 8.50. The number of amides is 3. The fraction of sp³-hybridized carbons (Fsp3) is 0.524. The van der Waals surface area contributed by atoms with Gasteiger partial charge in [-0.05, 0) is 49.7 Å². The molecule has 0 saturated carbocycles. The Bertz CT molecular complexity index is 595. The van der Waals surface area contributed by atoms with Crippen molar-refractivity contribution < 1.29 is 9.59 Å². The van der Waals surface area contributed by atoms with Crippen LogP contribution in [0.5, 0.6) is 0 Å². The molecule has 0 saturated heterocycles. The van der Waals surface area contributed by atoms with E-state index in [9.17, 15) is 9.59 Å². The quantitative estimate of drug-likeness (QED) is 0.519. The van der Waals surface area contributed by atoms with Crippen LogP contribution < -0.4 is 16.0 Å². The zero-order valence-electron chi connectivity index (χ0n) is 17.0. The van der Waals surface area contributed by atoms with Crippen LogP contribution in [0.3, 0.4) is 0 Å². The van der Waals surface area contributed by atoms with E-state index in [1.807, 2.05) is 0 Å². The van der Waals surface area contributed by atoms with Crippen molar-refractivity contribution in [2.45, 2.75) is 40.2 Å². The van der Waals surface area contributed by atoms with Gasteiger partial charge in [-0.3, -0.25) is 9.69 Å². The minimum atomic E-state index is -0.236. The predicted molar refractivity (Wildman–Crippen MR) is 112 cm³/mol. The third-order valence-electron chi connectivity index (χ3n) is 4.38. The molecule has 0 aliphatic heterocycles. The predicted octanol–water partition coefficient (Wildman–Crippen LogP) is 3.48. The van der Waals surface area contributed by atoms with Gasteiger partial charge in [0.1, 0.15) is 0 Å². The molecule has 1 unspecified atom stereocenters. The average molecular weight is 375 g/mol. The molecule has 150 valence electrons. The van der Waals surface area contributed by atoms with E-state index in [4.69, 9.17) is 0 Å². The summed E-state index contributed by atoms with van der Waals surface area (Å²) in [5.74, 6) is 0.405. The van der Waals surface area contributed by atoms with Gasteiger partial charge in [0.15, 0.2) is 0 Å². The molecule has 1 atom stereocenters. The summed E-state index contributed by atoms with van der Waals surface area (Å²) >= 11 is 0. The summed E-state index contributed by atoms with van der Waals surface area (Å²) in [7, 11) is 0. The molecule has 6 heteroatoms. The molecule has 3 N–H and O–H groups in total. The largest absolute Gasteiger partial charge is 0.349 e. The van der Waals surface area contributed by atoms with Crippen molar-refractivity contribution in [3.63, 3.8) is 0 Å². The van der Waals surface area contributed by atoms with Crippen molar-refractivity contribution in [3.8, 4) is 0 Å². The Balaban J connectivity index is 2.57. The summed E-state index contributed by atoms with van der Waals surface area (Å²) in [4.78, 5) is 26.5. The zero-order valence-corrected chi connectivity index (χ0v) is 17.0. The van der Waals surface area contributed by atoms with Crippen molar-refractivity contribution in [1.82, 2.24) is 15.5 Å². The second-order valence-electron chi connectivity index (χ2n) is 6.92. The maximum Gasteiger partial charge on any atom is 0.319 e. The summed E-state index contributed by atoms with van der Waals surface area (Å²) in [6.45, 7) is 15.2. The highest BCUT2D eigenvalue weighted by Gasteiger charge is 2.18. The Morgan fingerprint density at radius 1 is 1.11 bits per heavy atom. The molecule has 27 heavy (non-hydrogen) atoms. The first-order chi connectivity index (χ1) is 12.9. The number of carbonyl (C=O) groups is 2. The molecule has 0 aliphatic rings. The number of anilines is 1. The fourth-order valence-corrected chi connectivity index (χ4v) is 3.00. The fourth-order valence-electron chi connectivity index (χ4n) is 3.00. The van der Waals surface area contributed by atoms with E-state index < -0.39 is 0 Å². The highest BCUT2D eigenvalue weighted by Crippen LogP contribution is 2.12. The molecule has 0 aliphatic carbocycles. The standard InChI is InChI=1S/C21H34N4O2/c1-6-13-22-20(26)17-9-11-18(12-10-17)24-21(27)23-15-19(14-16(4)5)25(7-2)8-3/h6,9-12,16,19H,1,7-8,13-15H2,2-5H3,(H,22,26)(H2,23,24,27). The molecule has 1 aromatic carbocycles. The van der Waals surface area contributed by atoms with Gasteiger partial charge in [-0.2, -0.15) is 0 Å². The minimum absolute atomic E-state index is 0.165. The van der Waals surface area contributed by atoms with E-state index in [0.29, 0.717) is 36.3 Å². The summed E-state index contributed by atoms with van der Waals surface area (Å²) < 4.78 is 0. The van der Waals surface area contributed by atoms with Gasteiger partial charge in [0.25, 0.3) is 5.91 Å². The molecule has 0 aromatic heterocycles. The summed E-state index contributed by atoms with van der Waals surface area (Å²) in [6.07, 6.45) is 2.67. The number of urea groups is 1. The lowest BCUT2D eigenvalue weighted by molar-refractivity contribution is 0.0958. The Morgan fingerprint density at radius 2 is 1.74 bits per heavy atom. The highest BCUT2D eigenvalue weighted by molar-refractivity contribution is 5.95. The van der Waals surface area contributed by atoms with E-state index >= 15 is 0 Å². The Kier molecular flexibility index (Phi) is 10.2. The highest BCUT2D eigenvalue weighted by atomic mass is 16.2. The normalized spacial score (nSPS) is 11.9. The SMILES string of the molecule is C=CCNC(=O)c1ccc(NC(=O)NCC(CC(C)C)N(CC)CC)cc1. The summed E-state index contributed by atoms with van der Waals surface area (Å²) in [5.41, 5.74) is 1.19. The zero-order chi connectivity index (χ0) is 20.2. The van der Waals surface area contributed by atoms with Crippen LogP contribution in [0.2, 0.25) is 0 Å². The maximum absolute atomic E-state index is 12.2. The van der Waals surface area contributed by atoms with Gasteiger partial charge < -0.3 is 16.0 Å². The van der Waals surface area contributed by atoms with Crippen molar-refractivity contribution in [1.29, 1.82) is 0 Å². The van der Waals surface area contributed by atoms with E-state index in [1.54, 1.807) is 30.3 Å². The Hall–Kier alpha value is -2.34. The number of likely N-dealkylation sites (N-methyl/N-ethyl adjacent to an activating group) is 1. The van der Waals surface area contributed by atoms with Gasteiger partial charge in [-0.1, -0.05) is 33.8 Å². The van der Waals surface area contributed by atoms with E-state index in [-0.39, 0.29) is 11.9 Å². The number of hydrogen-bond acceptors (Lipinski definition) is 3. The second-order valence-corrected chi connectivity index (χ2v) is 6.92. The van der Waals surface area contributed by atoms with Crippen LogP contribution in [0.1, 0.15) is 44.5 Å². The van der Waals surface area contributed by atoms with E-state index in [2.05, 4.69) is 55.1 Å². The lowest BCUT2D eigenvalue weighted by Crippen LogP contribution is -2.45. The van der Waals surface area contributed by atoms with Gasteiger partial charge in [-0.15, -0.1) is 6.58 Å². The first-order valence-electron chi connectivity index (χ1n) is 9.69. The molecule has 0 heterocycles. The maximum atomic E-state index is 12.2. The van der Waals surface area contributed by atoms with Gasteiger partial charge >= 0.3 is 6.03 Å². The van der Waals surface area contributed by atoms with Crippen LogP contribution >= 0.6 is 0 Å². The smallest absolute Gasteiger partial charge is 0.319 e. The van der Waals surface area contributed by atoms with E-state index in [0.717, 1.165) is 19.5 Å². The molecule has 0 fully saturated rings. The molecular formula is C21H34N4O2. The molecule has 1 aromatic rings. The lowest BCUT2D eigenvalue weighted by Gasteiger charge is -2.31. The molecule has 3 amide bonds. The number of nitrogens with one attached hydrogen (secondary N) is 3. The van der Waals surface area contributed by atoms with Crippen LogP contribution in [-0.4, -0.2) is 49.1 Å². The summed E-state index contributed by atoms with van der Waals surface area (Å²) in [6, 6.07) is 6.90. The van der Waals surface area contributed by atoms with Gasteiger partial charge in [0.2, 0.25) is 0 Å². The Morgan fingerprint density at radius 3 is 2.26 bits per heavy atom. The number of nitrogens with zero attached hydrogens (tertiary/aromatic N) is 1. The molecule has 6 nitrogen and oxygen atoms in total. The number of benzene rings is 1. The average Bonchev–Trinajstić information content (AvgIpc) is 2.65. The van der Waals surface area contributed by atoms with Gasteiger partial charge in [0.05, 0.1) is 0 Å². The lowest BCUT2D eigenvalue weighted by atomic mass is 10.0. The third-order valence-corrected chi connectivity index (χ3v) is 4.38. The van der Waals surface area contributed by atoms with Gasteiger partial charge in [0, 0.05) is 30.4 Å². The monoisotopic (exact) mass is 374 g/mol. The van der Waals surface area contributed by atoms with Crippen molar-refractivity contribution >= 4 is 17.6 Å². The van der Waals surface area contributed by atoms with Crippen LogP contribution in [0.4, 0.5) is 10.5 Å². The molecule has 0 bridgehead atoms. The van der Waals surface area contributed by atoms with E-state index in [1.165, 1.54) is 0 Å². The van der Waals surface area contributed by atoms with Crippen LogP contribution in [0.25, 0.3) is 0 Å². The van der Waals surface area contributed by atoms with Crippen molar-refractivity contribution in [3.05, 3.63) is 42.5 Å². The molecule has 0 spiro atoms. The molecule has 0 radical (unpaired) electrons. The number of carbonyl (C=O) groups excluding carboxylic acids is 2. The molecular weight excluding hydrogens is 340 g/mol. The van der Waals surface area contributed by atoms with Crippen LogP contribution in [-0.2, 0) is 0 Å².